The van der Waals surface area contributed by atoms with Gasteiger partial charge in [0.1, 0.15) is 6.61 Å². The molecule has 23 heavy (non-hydrogen) atoms. The van der Waals surface area contributed by atoms with Gasteiger partial charge in [0.15, 0.2) is 8.32 Å². The lowest BCUT2D eigenvalue weighted by Gasteiger charge is -2.42. The zero-order chi connectivity index (χ0) is 17.9. The average molecular weight is 372 g/mol. The summed E-state index contributed by atoms with van der Waals surface area (Å²) in [6, 6.07) is 4.05. The van der Waals surface area contributed by atoms with E-state index in [1.165, 1.54) is 11.8 Å². The molecule has 0 radical (unpaired) electrons. The normalized spacial score (nSPS) is 13.0. The topological polar surface area (TPSA) is 31.4 Å². The van der Waals surface area contributed by atoms with E-state index >= 15 is 0 Å². The summed E-state index contributed by atoms with van der Waals surface area (Å²) in [6.45, 7) is 15.9. The largest absolute Gasteiger partial charge is 0.474 e. The SMILES string of the molecule is CSC(=S)OCc1ccc(C(C)(C)O[Si](C)(C)C(C)(C)C)nc1. The molecular formula is C17H29NO2S2Si. The number of nitrogens with zero attached hydrogens (tertiary/aromatic N) is 1. The summed E-state index contributed by atoms with van der Waals surface area (Å²) >= 11 is 6.47. The average Bonchev–Trinajstić information content (AvgIpc) is 2.42. The zero-order valence-corrected chi connectivity index (χ0v) is 18.2. The fourth-order valence-electron chi connectivity index (χ4n) is 1.91. The summed E-state index contributed by atoms with van der Waals surface area (Å²) in [5.74, 6) is 0. The highest BCUT2D eigenvalue weighted by Gasteiger charge is 2.42. The molecule has 0 fully saturated rings. The van der Waals surface area contributed by atoms with E-state index in [-0.39, 0.29) is 5.04 Å². The van der Waals surface area contributed by atoms with Crippen LogP contribution < -0.4 is 0 Å². The van der Waals surface area contributed by atoms with Crippen LogP contribution in [0.4, 0.5) is 0 Å². The van der Waals surface area contributed by atoms with Crippen molar-refractivity contribution in [3.8, 4) is 0 Å². The van der Waals surface area contributed by atoms with Gasteiger partial charge in [0, 0.05) is 11.8 Å². The zero-order valence-electron chi connectivity index (χ0n) is 15.5. The van der Waals surface area contributed by atoms with E-state index in [2.05, 4.69) is 52.7 Å². The van der Waals surface area contributed by atoms with Crippen molar-refractivity contribution >= 4 is 36.7 Å². The first kappa shape index (κ1) is 20.6. The Labute approximate surface area is 151 Å². The molecule has 0 saturated heterocycles. The van der Waals surface area contributed by atoms with Crippen molar-refractivity contribution in [1.82, 2.24) is 4.98 Å². The van der Waals surface area contributed by atoms with E-state index in [1.807, 2.05) is 24.6 Å². The molecule has 0 aromatic carbocycles. The van der Waals surface area contributed by atoms with Gasteiger partial charge in [-0.3, -0.25) is 4.98 Å². The number of hydrogen-bond acceptors (Lipinski definition) is 5. The van der Waals surface area contributed by atoms with E-state index in [0.29, 0.717) is 11.0 Å². The summed E-state index contributed by atoms with van der Waals surface area (Å²) in [7, 11) is -1.86. The highest BCUT2D eigenvalue weighted by Crippen LogP contribution is 2.41. The van der Waals surface area contributed by atoms with Gasteiger partial charge in [-0.05, 0) is 56.5 Å². The Morgan fingerprint density at radius 1 is 1.22 bits per heavy atom. The lowest BCUT2D eigenvalue weighted by atomic mass is 10.0. The molecular weight excluding hydrogens is 342 g/mol. The van der Waals surface area contributed by atoms with Crippen LogP contribution in [0.3, 0.4) is 0 Å². The van der Waals surface area contributed by atoms with E-state index in [0.717, 1.165) is 11.3 Å². The van der Waals surface area contributed by atoms with Crippen LogP contribution in [0.2, 0.25) is 18.1 Å². The van der Waals surface area contributed by atoms with Crippen LogP contribution in [0.15, 0.2) is 18.3 Å². The third-order valence-corrected chi connectivity index (χ3v) is 9.98. The molecule has 0 unspecified atom stereocenters. The quantitative estimate of drug-likeness (QED) is 0.504. The van der Waals surface area contributed by atoms with Gasteiger partial charge in [0.25, 0.3) is 0 Å². The van der Waals surface area contributed by atoms with Crippen LogP contribution in [-0.4, -0.2) is 23.9 Å². The van der Waals surface area contributed by atoms with Crippen LogP contribution in [-0.2, 0) is 21.4 Å². The van der Waals surface area contributed by atoms with E-state index in [4.69, 9.17) is 21.4 Å². The standard InChI is InChI=1S/C17H29NO2S2Si/c1-16(2,3)23(7,8)20-17(4,5)14-10-9-13(11-18-14)12-19-15(21)22-6/h9-11H,12H2,1-8H3. The predicted molar refractivity (Wildman–Crippen MR) is 106 cm³/mol. The molecule has 0 spiro atoms. The molecule has 0 amide bonds. The molecule has 0 N–H and O–H groups in total. The summed E-state index contributed by atoms with van der Waals surface area (Å²) in [4.78, 5) is 4.59. The minimum absolute atomic E-state index is 0.172. The minimum Gasteiger partial charge on any atom is -0.474 e. The molecule has 6 heteroatoms. The first-order valence-electron chi connectivity index (χ1n) is 7.75. The first-order valence-corrected chi connectivity index (χ1v) is 12.3. The van der Waals surface area contributed by atoms with Gasteiger partial charge in [0.2, 0.25) is 4.38 Å². The maximum Gasteiger partial charge on any atom is 0.220 e. The summed E-state index contributed by atoms with van der Waals surface area (Å²) in [5, 5.41) is 0.172. The maximum atomic E-state index is 6.55. The number of pyridine rings is 1. The minimum atomic E-state index is -1.86. The Balaban J connectivity index is 2.83. The Kier molecular flexibility index (Phi) is 6.84. The Morgan fingerprint density at radius 2 is 1.83 bits per heavy atom. The number of ether oxygens (including phenoxy) is 1. The van der Waals surface area contributed by atoms with Crippen molar-refractivity contribution in [2.45, 2.75) is 65.0 Å². The third-order valence-electron chi connectivity index (χ3n) is 4.28. The molecule has 3 nitrogen and oxygen atoms in total. The Morgan fingerprint density at radius 3 is 2.26 bits per heavy atom. The summed E-state index contributed by atoms with van der Waals surface area (Å²) in [6.07, 6.45) is 3.75. The van der Waals surface area contributed by atoms with Crippen molar-refractivity contribution in [1.29, 1.82) is 0 Å². The lowest BCUT2D eigenvalue weighted by Crippen LogP contribution is -2.46. The van der Waals surface area contributed by atoms with Crippen LogP contribution >= 0.6 is 24.0 Å². The van der Waals surface area contributed by atoms with Crippen molar-refractivity contribution < 1.29 is 9.16 Å². The van der Waals surface area contributed by atoms with Gasteiger partial charge in [-0.25, -0.2) is 0 Å². The molecule has 0 aliphatic heterocycles. The van der Waals surface area contributed by atoms with Gasteiger partial charge in [-0.2, -0.15) is 0 Å². The molecule has 1 heterocycles. The molecule has 1 rings (SSSR count). The molecule has 0 atom stereocenters. The van der Waals surface area contributed by atoms with Gasteiger partial charge in [0.05, 0.1) is 11.3 Å². The second-order valence-electron chi connectivity index (χ2n) is 7.67. The second-order valence-corrected chi connectivity index (χ2v) is 13.8. The molecule has 0 bridgehead atoms. The van der Waals surface area contributed by atoms with Gasteiger partial charge in [-0.1, -0.05) is 38.6 Å². The van der Waals surface area contributed by atoms with Gasteiger partial charge in [-0.15, -0.1) is 0 Å². The number of thioether (sulfide) groups is 1. The number of aromatic nitrogens is 1. The van der Waals surface area contributed by atoms with Crippen molar-refractivity contribution in [2.75, 3.05) is 6.26 Å². The van der Waals surface area contributed by atoms with Gasteiger partial charge < -0.3 is 9.16 Å². The Hall–Kier alpha value is -0.433. The molecule has 0 aliphatic rings. The second kappa shape index (κ2) is 7.63. The third kappa shape index (κ3) is 5.85. The number of thiocarbonyl (C=S) groups is 1. The lowest BCUT2D eigenvalue weighted by molar-refractivity contribution is 0.0855. The smallest absolute Gasteiger partial charge is 0.220 e. The number of hydrogen-bond donors (Lipinski definition) is 0. The fourth-order valence-corrected chi connectivity index (χ4v) is 3.83. The van der Waals surface area contributed by atoms with Crippen LogP contribution in [0, 0.1) is 0 Å². The van der Waals surface area contributed by atoms with E-state index < -0.39 is 13.9 Å². The van der Waals surface area contributed by atoms with Crippen LogP contribution in [0.5, 0.6) is 0 Å². The molecule has 1 aromatic heterocycles. The van der Waals surface area contributed by atoms with Crippen LogP contribution in [0.1, 0.15) is 45.9 Å². The Bertz CT molecular complexity index is 537. The van der Waals surface area contributed by atoms with Crippen molar-refractivity contribution in [2.24, 2.45) is 0 Å². The molecule has 1 aromatic rings. The fraction of sp³-hybridized carbons (Fsp3) is 0.647. The first-order chi connectivity index (χ1) is 10.4. The van der Waals surface area contributed by atoms with E-state index in [1.54, 1.807) is 0 Å². The van der Waals surface area contributed by atoms with Crippen molar-refractivity contribution in [3.05, 3.63) is 29.6 Å². The van der Waals surface area contributed by atoms with Crippen LogP contribution in [0.25, 0.3) is 0 Å². The molecule has 130 valence electrons. The monoisotopic (exact) mass is 371 g/mol. The van der Waals surface area contributed by atoms with Gasteiger partial charge >= 0.3 is 0 Å². The highest BCUT2D eigenvalue weighted by molar-refractivity contribution is 8.22. The molecule has 0 aliphatic carbocycles. The number of rotatable bonds is 5. The summed E-state index contributed by atoms with van der Waals surface area (Å²) < 4.78 is 12.6. The molecule has 0 saturated carbocycles. The van der Waals surface area contributed by atoms with Crippen molar-refractivity contribution in [3.63, 3.8) is 0 Å². The predicted octanol–water partition coefficient (Wildman–Crippen LogP) is 5.50. The van der Waals surface area contributed by atoms with E-state index in [9.17, 15) is 0 Å². The highest BCUT2D eigenvalue weighted by atomic mass is 32.2. The maximum absolute atomic E-state index is 6.55. The summed E-state index contributed by atoms with van der Waals surface area (Å²) in [5.41, 5.74) is 1.54.